The van der Waals surface area contributed by atoms with Crippen LogP contribution in [0.4, 0.5) is 0 Å². The van der Waals surface area contributed by atoms with Crippen molar-refractivity contribution in [3.63, 3.8) is 0 Å². The zero-order chi connectivity index (χ0) is 20.7. The molecule has 0 radical (unpaired) electrons. The van der Waals surface area contributed by atoms with E-state index < -0.39 is 66.8 Å². The monoisotopic (exact) mass is 389 g/mol. The fourth-order valence-corrected chi connectivity index (χ4v) is 2.58. The van der Waals surface area contributed by atoms with Gasteiger partial charge in [0.25, 0.3) is 0 Å². The molecule has 5 atom stereocenters. The number of ether oxygens (including phenoxy) is 4. The molecule has 2 N–H and O–H groups in total. The Morgan fingerprint density at radius 2 is 1.33 bits per heavy atom. The first kappa shape index (κ1) is 22.4. The average Bonchev–Trinajstić information content (AvgIpc) is 2.51. The second-order valence-corrected chi connectivity index (χ2v) is 5.95. The first-order valence-corrected chi connectivity index (χ1v) is 8.19. The molecular weight excluding hydrogens is 366 g/mol. The quantitative estimate of drug-likeness (QED) is 0.430. The lowest BCUT2D eigenvalue weighted by Gasteiger charge is -2.43. The number of carbonyl (C=O) groups is 5. The number of carbonyl (C=O) groups excluding carboxylic acids is 4. The third kappa shape index (κ3) is 7.21. The van der Waals surface area contributed by atoms with Gasteiger partial charge in [-0.2, -0.15) is 0 Å². The fourth-order valence-electron chi connectivity index (χ4n) is 2.58. The first-order valence-electron chi connectivity index (χ1n) is 8.19. The van der Waals surface area contributed by atoms with Crippen molar-refractivity contribution in [3.8, 4) is 0 Å². The zero-order valence-corrected chi connectivity index (χ0v) is 15.4. The van der Waals surface area contributed by atoms with E-state index in [1.165, 1.54) is 6.92 Å². The van der Waals surface area contributed by atoms with Crippen molar-refractivity contribution in [1.82, 2.24) is 5.32 Å². The van der Waals surface area contributed by atoms with Gasteiger partial charge in [0.15, 0.2) is 24.5 Å². The van der Waals surface area contributed by atoms with Crippen LogP contribution in [0.3, 0.4) is 0 Å². The highest BCUT2D eigenvalue weighted by Gasteiger charge is 2.50. The van der Waals surface area contributed by atoms with Gasteiger partial charge in [-0.15, -0.1) is 0 Å². The van der Waals surface area contributed by atoms with Crippen LogP contribution < -0.4 is 5.32 Å². The lowest BCUT2D eigenvalue weighted by molar-refractivity contribution is -0.248. The molecule has 0 bridgehead atoms. The van der Waals surface area contributed by atoms with Gasteiger partial charge in [0, 0.05) is 27.2 Å². The van der Waals surface area contributed by atoms with Crippen molar-refractivity contribution >= 4 is 29.8 Å². The maximum Gasteiger partial charge on any atom is 0.303 e. The molecule has 0 aliphatic carbocycles. The van der Waals surface area contributed by atoms with Crippen molar-refractivity contribution in [3.05, 3.63) is 0 Å². The molecule has 1 aliphatic rings. The molecule has 0 spiro atoms. The molecule has 1 rings (SSSR count). The van der Waals surface area contributed by atoms with Crippen molar-refractivity contribution in [1.29, 1.82) is 0 Å². The van der Waals surface area contributed by atoms with Gasteiger partial charge in [-0.1, -0.05) is 0 Å². The number of hydrogen-bond acceptors (Lipinski definition) is 9. The molecule has 0 unspecified atom stereocenters. The minimum Gasteiger partial charge on any atom is -0.481 e. The van der Waals surface area contributed by atoms with Crippen LogP contribution in [-0.4, -0.2) is 65.5 Å². The normalized spacial score (nSPS) is 27.2. The van der Waals surface area contributed by atoms with E-state index in [2.05, 4.69) is 5.32 Å². The molecule has 1 fully saturated rings. The van der Waals surface area contributed by atoms with Crippen molar-refractivity contribution in [2.45, 2.75) is 71.2 Å². The number of aliphatic carboxylic acids is 1. The smallest absolute Gasteiger partial charge is 0.303 e. The number of amides is 1. The van der Waals surface area contributed by atoms with Crippen LogP contribution in [0.25, 0.3) is 0 Å². The predicted molar refractivity (Wildman–Crippen MR) is 86.0 cm³/mol. The topological polar surface area (TPSA) is 155 Å². The largest absolute Gasteiger partial charge is 0.481 e. The molecule has 0 aromatic carbocycles. The third-order valence-corrected chi connectivity index (χ3v) is 3.55. The van der Waals surface area contributed by atoms with E-state index in [4.69, 9.17) is 24.1 Å². The Morgan fingerprint density at radius 3 is 1.81 bits per heavy atom. The van der Waals surface area contributed by atoms with Crippen LogP contribution in [0, 0.1) is 0 Å². The van der Waals surface area contributed by atoms with Gasteiger partial charge in [-0.3, -0.25) is 24.0 Å². The molecule has 0 aromatic heterocycles. The van der Waals surface area contributed by atoms with E-state index in [0.29, 0.717) is 0 Å². The number of hydrogen-bond donors (Lipinski definition) is 2. The Morgan fingerprint density at radius 1 is 0.852 bits per heavy atom. The number of carboxylic acids is 1. The lowest BCUT2D eigenvalue weighted by atomic mass is 9.97. The summed E-state index contributed by atoms with van der Waals surface area (Å²) in [6.07, 6.45) is -6.42. The minimum atomic E-state index is -1.30. The second kappa shape index (κ2) is 9.86. The summed E-state index contributed by atoms with van der Waals surface area (Å²) in [6.45, 7) is 4.89. The van der Waals surface area contributed by atoms with E-state index in [1.54, 1.807) is 0 Å². The maximum atomic E-state index is 12.0. The number of esters is 3. The Balaban J connectivity index is 3.08. The van der Waals surface area contributed by atoms with Crippen molar-refractivity contribution in [2.75, 3.05) is 0 Å². The van der Waals surface area contributed by atoms with Crippen molar-refractivity contribution in [2.24, 2.45) is 0 Å². The lowest BCUT2D eigenvalue weighted by Crippen LogP contribution is -2.64. The van der Waals surface area contributed by atoms with Crippen LogP contribution >= 0.6 is 0 Å². The molecule has 1 saturated heterocycles. The molecule has 0 aromatic rings. The second-order valence-electron chi connectivity index (χ2n) is 5.95. The minimum absolute atomic E-state index is 0.331. The highest BCUT2D eigenvalue weighted by Crippen LogP contribution is 2.27. The molecule has 1 amide bonds. The summed E-state index contributed by atoms with van der Waals surface area (Å²) >= 11 is 0. The summed E-state index contributed by atoms with van der Waals surface area (Å²) in [5, 5.41) is 11.1. The first-order chi connectivity index (χ1) is 12.5. The van der Waals surface area contributed by atoms with Gasteiger partial charge >= 0.3 is 23.9 Å². The van der Waals surface area contributed by atoms with Gasteiger partial charge in [-0.25, -0.2) is 0 Å². The summed E-state index contributed by atoms with van der Waals surface area (Å²) in [6, 6.07) is 0. The van der Waals surface area contributed by atoms with Gasteiger partial charge in [0.1, 0.15) is 0 Å². The van der Waals surface area contributed by atoms with E-state index in [0.717, 1.165) is 20.8 Å². The van der Waals surface area contributed by atoms with Crippen molar-refractivity contribution < 1.29 is 48.0 Å². The van der Waals surface area contributed by atoms with Crippen LogP contribution in [-0.2, 0) is 42.9 Å². The molecule has 11 heteroatoms. The van der Waals surface area contributed by atoms with Gasteiger partial charge in [0.2, 0.25) is 5.91 Å². The molecular formula is C16H23NO10. The summed E-state index contributed by atoms with van der Waals surface area (Å²) in [5.74, 6) is -3.97. The van der Waals surface area contributed by atoms with Crippen LogP contribution in [0.1, 0.15) is 40.5 Å². The average molecular weight is 389 g/mol. The predicted octanol–water partition coefficient (Wildman–Crippen LogP) is -0.493. The molecule has 27 heavy (non-hydrogen) atoms. The Kier molecular flexibility index (Phi) is 8.16. The Bertz CT molecular complexity index is 604. The SMILES string of the molecule is CC(=O)O[C@@H]1[C@@H](OC(C)=O)[C@H](C)O[C@@H](NC(=O)CCC(=O)O)[C@@H]1OC(C)=O. The Labute approximate surface area is 155 Å². The summed E-state index contributed by atoms with van der Waals surface area (Å²) < 4.78 is 21.0. The summed E-state index contributed by atoms with van der Waals surface area (Å²) in [5.41, 5.74) is 0. The molecule has 1 aliphatic heterocycles. The van der Waals surface area contributed by atoms with Gasteiger partial charge < -0.3 is 29.4 Å². The maximum absolute atomic E-state index is 12.0. The van der Waals surface area contributed by atoms with Crippen LogP contribution in [0.15, 0.2) is 0 Å². The third-order valence-electron chi connectivity index (χ3n) is 3.55. The molecule has 11 nitrogen and oxygen atoms in total. The highest BCUT2D eigenvalue weighted by molar-refractivity contribution is 5.80. The fraction of sp³-hybridized carbons (Fsp3) is 0.688. The molecule has 1 heterocycles. The number of carboxylic acid groups (broad SMARTS) is 1. The van der Waals surface area contributed by atoms with E-state index in [9.17, 15) is 24.0 Å². The van der Waals surface area contributed by atoms with E-state index in [-0.39, 0.29) is 6.42 Å². The van der Waals surface area contributed by atoms with E-state index in [1.807, 2.05) is 0 Å². The van der Waals surface area contributed by atoms with Gasteiger partial charge in [-0.05, 0) is 6.92 Å². The Hall–Kier alpha value is -2.69. The van der Waals surface area contributed by atoms with Crippen LogP contribution in [0.2, 0.25) is 0 Å². The standard InChI is InChI=1S/C16H23NO10/c1-7-13(25-8(2)18)14(26-9(3)19)15(27-10(4)20)16(24-7)17-11(21)5-6-12(22)23/h7,13-16H,5-6H2,1-4H3,(H,17,21)(H,22,23)/t7-,13-,14+,15+,16+/m0/s1. The number of rotatable bonds is 7. The summed E-state index contributed by atoms with van der Waals surface area (Å²) in [4.78, 5) is 56.9. The zero-order valence-electron chi connectivity index (χ0n) is 15.4. The van der Waals surface area contributed by atoms with Gasteiger partial charge in [0.05, 0.1) is 12.5 Å². The van der Waals surface area contributed by atoms with Crippen LogP contribution in [0.5, 0.6) is 0 Å². The van der Waals surface area contributed by atoms with E-state index >= 15 is 0 Å². The highest BCUT2D eigenvalue weighted by atomic mass is 16.7. The molecule has 152 valence electrons. The number of nitrogens with one attached hydrogen (secondary N) is 1. The molecule has 0 saturated carbocycles. The summed E-state index contributed by atoms with van der Waals surface area (Å²) in [7, 11) is 0.